The molecule has 0 bridgehead atoms. The molecule has 1 saturated carbocycles. The van der Waals surface area contributed by atoms with Crippen LogP contribution in [0.3, 0.4) is 0 Å². The minimum absolute atomic E-state index is 0.218. The van der Waals surface area contributed by atoms with E-state index in [4.69, 9.17) is 19.3 Å². The number of hydrogen-bond acceptors (Lipinski definition) is 6. The molecule has 0 heterocycles. The molecule has 0 radical (unpaired) electrons. The topological polar surface area (TPSA) is 99.1 Å². The molecule has 1 aliphatic carbocycles. The maximum Gasteiger partial charge on any atom is 0.338 e. The monoisotopic (exact) mass is 418 g/mol. The number of esters is 2. The zero-order valence-electron chi connectivity index (χ0n) is 17.2. The highest BCUT2D eigenvalue weighted by Crippen LogP contribution is 2.27. The normalized spacial score (nSPS) is 18.3. The quantitative estimate of drug-likeness (QED) is 0.309. The molecule has 1 aliphatic rings. The third kappa shape index (κ3) is 8.27. The summed E-state index contributed by atoms with van der Waals surface area (Å²) in [5, 5.41) is 9.02. The van der Waals surface area contributed by atoms with Crippen LogP contribution in [0.15, 0.2) is 36.9 Å². The van der Waals surface area contributed by atoms with Gasteiger partial charge in [0.05, 0.1) is 24.7 Å². The lowest BCUT2D eigenvalue weighted by Gasteiger charge is -2.25. The van der Waals surface area contributed by atoms with E-state index in [2.05, 4.69) is 6.58 Å². The first-order chi connectivity index (χ1) is 14.5. The number of carbonyl (C=O) groups is 3. The summed E-state index contributed by atoms with van der Waals surface area (Å²) in [6, 6.07) is 6.84. The maximum atomic E-state index is 12.3. The zero-order chi connectivity index (χ0) is 21.8. The predicted octanol–water partition coefficient (Wildman–Crippen LogP) is 4.16. The number of carboxylic acids is 1. The lowest BCUT2D eigenvalue weighted by atomic mass is 9.87. The fourth-order valence-electron chi connectivity index (χ4n) is 3.31. The number of carbonyl (C=O) groups excluding carboxylic acids is 2. The van der Waals surface area contributed by atoms with E-state index >= 15 is 0 Å². The van der Waals surface area contributed by atoms with Crippen molar-refractivity contribution in [3.05, 3.63) is 42.5 Å². The second-order valence-corrected chi connectivity index (χ2v) is 7.38. The van der Waals surface area contributed by atoms with E-state index in [0.717, 1.165) is 31.8 Å². The third-order valence-electron chi connectivity index (χ3n) is 5.11. The van der Waals surface area contributed by atoms with Gasteiger partial charge in [0.25, 0.3) is 0 Å². The summed E-state index contributed by atoms with van der Waals surface area (Å²) in [4.78, 5) is 34.1. The molecule has 0 atom stereocenters. The van der Waals surface area contributed by atoms with E-state index in [9.17, 15) is 14.4 Å². The lowest BCUT2D eigenvalue weighted by Crippen LogP contribution is -2.27. The molecular weight excluding hydrogens is 388 g/mol. The molecule has 0 aliphatic heterocycles. The zero-order valence-corrected chi connectivity index (χ0v) is 17.2. The first-order valence-corrected chi connectivity index (χ1v) is 10.5. The van der Waals surface area contributed by atoms with Crippen LogP contribution in [0.5, 0.6) is 5.75 Å². The Morgan fingerprint density at radius 2 is 1.60 bits per heavy atom. The second-order valence-electron chi connectivity index (χ2n) is 7.38. The molecule has 1 aromatic rings. The Kier molecular flexibility index (Phi) is 9.91. The summed E-state index contributed by atoms with van der Waals surface area (Å²) in [5.41, 5.74) is 0.455. The molecule has 0 aromatic heterocycles. The Balaban J connectivity index is 1.60. The Bertz CT molecular complexity index is 703. The van der Waals surface area contributed by atoms with Gasteiger partial charge < -0.3 is 19.3 Å². The predicted molar refractivity (Wildman–Crippen MR) is 110 cm³/mol. The number of ether oxygens (including phenoxy) is 3. The maximum absolute atomic E-state index is 12.3. The number of carboxylic acid groups (broad SMARTS) is 1. The van der Waals surface area contributed by atoms with Gasteiger partial charge >= 0.3 is 17.9 Å². The smallest absolute Gasteiger partial charge is 0.338 e. The highest BCUT2D eigenvalue weighted by Gasteiger charge is 2.28. The highest BCUT2D eigenvalue weighted by molar-refractivity contribution is 5.89. The van der Waals surface area contributed by atoms with Crippen LogP contribution in [0.2, 0.25) is 0 Å². The van der Waals surface area contributed by atoms with Gasteiger partial charge in [-0.15, -0.1) is 0 Å². The molecule has 0 saturated heterocycles. The van der Waals surface area contributed by atoms with Gasteiger partial charge in [-0.25, -0.2) is 9.59 Å². The molecule has 7 heteroatoms. The number of benzene rings is 1. The minimum atomic E-state index is -0.774. The molecule has 2 rings (SSSR count). The molecule has 0 spiro atoms. The molecule has 0 amide bonds. The lowest BCUT2D eigenvalue weighted by molar-refractivity contribution is -0.143. The van der Waals surface area contributed by atoms with Crippen LogP contribution < -0.4 is 4.74 Å². The van der Waals surface area contributed by atoms with Crippen LogP contribution in [-0.4, -0.2) is 42.3 Å². The largest absolute Gasteiger partial charge is 0.494 e. The molecule has 164 valence electrons. The summed E-state index contributed by atoms with van der Waals surface area (Å²) in [6.07, 6.45) is 6.82. The second kappa shape index (κ2) is 12.7. The molecular formula is C23H30O7. The van der Waals surface area contributed by atoms with Gasteiger partial charge in [0.2, 0.25) is 0 Å². The number of aliphatic carboxylic acids is 1. The molecule has 1 N–H and O–H groups in total. The van der Waals surface area contributed by atoms with Gasteiger partial charge in [0.15, 0.2) is 0 Å². The summed E-state index contributed by atoms with van der Waals surface area (Å²) in [6.45, 7) is 4.32. The fourth-order valence-corrected chi connectivity index (χ4v) is 3.31. The van der Waals surface area contributed by atoms with E-state index in [-0.39, 0.29) is 12.0 Å². The van der Waals surface area contributed by atoms with Gasteiger partial charge in [-0.1, -0.05) is 6.58 Å². The summed E-state index contributed by atoms with van der Waals surface area (Å²) < 4.78 is 16.1. The van der Waals surface area contributed by atoms with Crippen molar-refractivity contribution in [3.63, 3.8) is 0 Å². The molecule has 30 heavy (non-hydrogen) atoms. The molecule has 7 nitrogen and oxygen atoms in total. The van der Waals surface area contributed by atoms with Crippen LogP contribution >= 0.6 is 0 Å². The minimum Gasteiger partial charge on any atom is -0.494 e. The summed E-state index contributed by atoms with van der Waals surface area (Å²) in [5.74, 6) is -1.20. The third-order valence-corrected chi connectivity index (χ3v) is 5.11. The van der Waals surface area contributed by atoms with Crippen LogP contribution in [0.4, 0.5) is 0 Å². The van der Waals surface area contributed by atoms with Crippen molar-refractivity contribution < 1.29 is 33.7 Å². The van der Waals surface area contributed by atoms with Gasteiger partial charge in [-0.3, -0.25) is 4.79 Å². The first kappa shape index (κ1) is 23.4. The standard InChI is InChI=1S/C23H30O7/c1-2-21(24)29-16-6-4-3-5-15-28-19-11-9-18(10-12-19)23(27)30-20-13-7-17(8-14-20)22(25)26/h2,9-12,17,20H,1,3-8,13-16H2,(H,25,26). The first-order valence-electron chi connectivity index (χ1n) is 10.5. The van der Waals surface area contributed by atoms with Crippen molar-refractivity contribution in [2.45, 2.75) is 57.5 Å². The Morgan fingerprint density at radius 1 is 0.967 bits per heavy atom. The average Bonchev–Trinajstić information content (AvgIpc) is 2.76. The highest BCUT2D eigenvalue weighted by atomic mass is 16.5. The Labute approximate surface area is 177 Å². The van der Waals surface area contributed by atoms with Gasteiger partial charge in [0, 0.05) is 6.08 Å². The molecule has 1 aromatic carbocycles. The van der Waals surface area contributed by atoms with E-state index < -0.39 is 17.9 Å². The molecule has 0 unspecified atom stereocenters. The number of rotatable bonds is 12. The molecule has 1 fully saturated rings. The van der Waals surface area contributed by atoms with Crippen molar-refractivity contribution in [2.75, 3.05) is 13.2 Å². The summed E-state index contributed by atoms with van der Waals surface area (Å²) in [7, 11) is 0. The van der Waals surface area contributed by atoms with Crippen LogP contribution in [0.1, 0.15) is 61.7 Å². The van der Waals surface area contributed by atoms with Gasteiger partial charge in [-0.05, 0) is 75.6 Å². The van der Waals surface area contributed by atoms with Crippen molar-refractivity contribution in [2.24, 2.45) is 5.92 Å². The number of unbranched alkanes of at least 4 members (excludes halogenated alkanes) is 3. The van der Waals surface area contributed by atoms with Crippen LogP contribution in [0.25, 0.3) is 0 Å². The average molecular weight is 418 g/mol. The fraction of sp³-hybridized carbons (Fsp3) is 0.522. The van der Waals surface area contributed by atoms with E-state index in [1.165, 1.54) is 0 Å². The Hall–Kier alpha value is -2.83. The van der Waals surface area contributed by atoms with E-state index in [1.807, 2.05) is 0 Å². The van der Waals surface area contributed by atoms with Gasteiger partial charge in [0.1, 0.15) is 11.9 Å². The van der Waals surface area contributed by atoms with E-state index in [1.54, 1.807) is 24.3 Å². The van der Waals surface area contributed by atoms with Crippen molar-refractivity contribution in [3.8, 4) is 5.75 Å². The summed E-state index contributed by atoms with van der Waals surface area (Å²) >= 11 is 0. The Morgan fingerprint density at radius 3 is 2.20 bits per heavy atom. The van der Waals surface area contributed by atoms with Crippen molar-refractivity contribution in [1.29, 1.82) is 0 Å². The number of hydrogen-bond donors (Lipinski definition) is 1. The van der Waals surface area contributed by atoms with Crippen molar-refractivity contribution >= 4 is 17.9 Å². The van der Waals surface area contributed by atoms with E-state index in [0.29, 0.717) is 50.2 Å². The van der Waals surface area contributed by atoms with Crippen molar-refractivity contribution in [1.82, 2.24) is 0 Å². The van der Waals surface area contributed by atoms with Crippen LogP contribution in [0, 0.1) is 5.92 Å². The SMILES string of the molecule is C=CC(=O)OCCCCCCOc1ccc(C(=O)OC2CCC(C(=O)O)CC2)cc1. The van der Waals surface area contributed by atoms with Gasteiger partial charge in [-0.2, -0.15) is 0 Å². The van der Waals surface area contributed by atoms with Crippen LogP contribution in [-0.2, 0) is 19.1 Å².